The number of hydrogen-bond acceptors (Lipinski definition) is 6. The van der Waals surface area contributed by atoms with E-state index in [1.165, 1.54) is 186 Å². The smallest absolute Gasteiger partial charge is 0.236 e. The van der Waals surface area contributed by atoms with E-state index in [4.69, 9.17) is 0 Å². The molecule has 60 heavy (non-hydrogen) atoms. The molecule has 1 aliphatic rings. The van der Waals surface area contributed by atoms with Gasteiger partial charge in [0, 0.05) is 45.7 Å². The fourth-order valence-corrected chi connectivity index (χ4v) is 8.86. The average Bonchev–Trinajstić information content (AvgIpc) is 3.26. The number of piperazine rings is 1. The molecule has 0 N–H and O–H groups in total. The van der Waals surface area contributed by atoms with E-state index in [1.807, 2.05) is 9.80 Å². The van der Waals surface area contributed by atoms with E-state index in [0.29, 0.717) is 45.7 Å². The quantitative estimate of drug-likeness (QED) is 0.0449. The Labute approximate surface area is 374 Å². The molecule has 1 heterocycles. The Kier molecular flexibility index (Phi) is 40.3. The number of rotatable bonds is 45. The molecule has 0 unspecified atom stereocenters. The molecule has 8 nitrogen and oxygen atoms in total. The fraction of sp³-hybridized carbons (Fsp3) is 0.942. The minimum Gasteiger partial charge on any atom is -0.338 e. The first-order chi connectivity index (χ1) is 29.5. The molecule has 1 saturated heterocycles. The molecule has 8 heteroatoms. The highest BCUT2D eigenvalue weighted by Gasteiger charge is 2.26. The molecule has 0 radical (unpaired) electrons. The molecule has 0 saturated carbocycles. The summed E-state index contributed by atoms with van der Waals surface area (Å²) >= 11 is 0. The lowest BCUT2D eigenvalue weighted by atomic mass is 10.1. The van der Waals surface area contributed by atoms with Crippen LogP contribution in [0, 0.1) is 0 Å². The van der Waals surface area contributed by atoms with E-state index in [-0.39, 0.29) is 11.8 Å². The Morgan fingerprint density at radius 1 is 0.350 bits per heavy atom. The summed E-state index contributed by atoms with van der Waals surface area (Å²) in [6.07, 6.45) is 41.5. The van der Waals surface area contributed by atoms with E-state index in [2.05, 4.69) is 42.4 Å². The van der Waals surface area contributed by atoms with Crippen LogP contribution in [0.4, 0.5) is 0 Å². The van der Waals surface area contributed by atoms with Gasteiger partial charge in [-0.15, -0.1) is 0 Å². The Morgan fingerprint density at radius 3 is 0.917 bits per heavy atom. The summed E-state index contributed by atoms with van der Waals surface area (Å²) in [6, 6.07) is 0. The molecular weight excluding hydrogens is 743 g/mol. The zero-order chi connectivity index (χ0) is 43.6. The van der Waals surface area contributed by atoms with Crippen LogP contribution in [0.15, 0.2) is 0 Å². The predicted octanol–water partition coefficient (Wildman–Crippen LogP) is 12.3. The molecule has 0 aromatic heterocycles. The second kappa shape index (κ2) is 42.8. The molecular formula is C52H103N5O3. The van der Waals surface area contributed by atoms with E-state index in [1.54, 1.807) is 0 Å². The highest BCUT2D eigenvalue weighted by atomic mass is 16.2. The standard InChI is InChI=1S/C52H103N5O3/c1-5-9-13-17-21-25-31-37-53(38-32-26-22-18-14-10-6-2)42-43-55(41-34-28-24-20-16-12-8-4)50-52(60)57-46-44-56(45-47-57)51(59)49-54(40-35-29-30-36-48-58)39-33-27-23-19-15-11-7-3/h48H,5-47,49-50H2,1-4H3. The van der Waals surface area contributed by atoms with Crippen LogP contribution in [0.5, 0.6) is 0 Å². The first-order valence-corrected chi connectivity index (χ1v) is 26.6. The summed E-state index contributed by atoms with van der Waals surface area (Å²) in [6.45, 7) is 20.0. The third-order valence-electron chi connectivity index (χ3n) is 13.0. The SMILES string of the molecule is CCCCCCCCCN(CCCCCCCCC)CCN(CCCCCCCCC)CC(=O)N1CCN(C(=O)CN(CCCCCC=O)CCCCCCCCC)CC1. The summed E-state index contributed by atoms with van der Waals surface area (Å²) in [5.41, 5.74) is 0. The fourth-order valence-electron chi connectivity index (χ4n) is 8.86. The number of carbonyl (C=O) groups excluding carboxylic acids is 3. The van der Waals surface area contributed by atoms with Crippen molar-refractivity contribution in [2.24, 2.45) is 0 Å². The van der Waals surface area contributed by atoms with Crippen LogP contribution in [0.1, 0.15) is 233 Å². The van der Waals surface area contributed by atoms with E-state index < -0.39 is 0 Å². The van der Waals surface area contributed by atoms with Crippen molar-refractivity contribution in [1.82, 2.24) is 24.5 Å². The third kappa shape index (κ3) is 33.1. The number of unbranched alkanes of at least 4 members (excludes halogenated alkanes) is 27. The van der Waals surface area contributed by atoms with Crippen LogP contribution >= 0.6 is 0 Å². The Morgan fingerprint density at radius 2 is 0.600 bits per heavy atom. The number of hydrogen-bond donors (Lipinski definition) is 0. The highest BCUT2D eigenvalue weighted by molar-refractivity contribution is 5.80. The monoisotopic (exact) mass is 846 g/mol. The number of aldehydes is 1. The van der Waals surface area contributed by atoms with Gasteiger partial charge in [-0.05, 0) is 71.2 Å². The minimum atomic E-state index is 0.209. The van der Waals surface area contributed by atoms with Gasteiger partial charge < -0.3 is 19.5 Å². The molecule has 0 spiro atoms. The van der Waals surface area contributed by atoms with E-state index in [0.717, 1.165) is 64.7 Å². The van der Waals surface area contributed by atoms with E-state index in [9.17, 15) is 14.4 Å². The summed E-state index contributed by atoms with van der Waals surface area (Å²) in [5.74, 6) is 0.451. The van der Waals surface area contributed by atoms with Gasteiger partial charge in [-0.2, -0.15) is 0 Å². The lowest BCUT2D eigenvalue weighted by Crippen LogP contribution is -2.54. The Balaban J connectivity index is 2.76. The molecule has 0 bridgehead atoms. The molecule has 0 atom stereocenters. The predicted molar refractivity (Wildman–Crippen MR) is 259 cm³/mol. The number of amides is 2. The molecule has 0 aromatic carbocycles. The molecule has 0 aliphatic carbocycles. The van der Waals surface area contributed by atoms with Crippen molar-refractivity contribution in [2.75, 3.05) is 85.1 Å². The van der Waals surface area contributed by atoms with Gasteiger partial charge in [0.25, 0.3) is 0 Å². The van der Waals surface area contributed by atoms with Crippen molar-refractivity contribution >= 4 is 18.1 Å². The molecule has 1 rings (SSSR count). The maximum absolute atomic E-state index is 13.9. The van der Waals surface area contributed by atoms with Gasteiger partial charge >= 0.3 is 0 Å². The highest BCUT2D eigenvalue weighted by Crippen LogP contribution is 2.14. The second-order valence-corrected chi connectivity index (χ2v) is 18.7. The molecule has 1 fully saturated rings. The maximum atomic E-state index is 13.9. The van der Waals surface area contributed by atoms with Gasteiger partial charge in [-0.3, -0.25) is 19.4 Å². The van der Waals surface area contributed by atoms with Crippen LogP contribution in [0.2, 0.25) is 0 Å². The lowest BCUT2D eigenvalue weighted by molar-refractivity contribution is -0.140. The second-order valence-electron chi connectivity index (χ2n) is 18.7. The first-order valence-electron chi connectivity index (χ1n) is 26.6. The maximum Gasteiger partial charge on any atom is 0.236 e. The summed E-state index contributed by atoms with van der Waals surface area (Å²) < 4.78 is 0. The minimum absolute atomic E-state index is 0.209. The molecule has 1 aliphatic heterocycles. The number of carbonyl (C=O) groups is 3. The van der Waals surface area contributed by atoms with Gasteiger partial charge in [0.2, 0.25) is 11.8 Å². The molecule has 0 aromatic rings. The van der Waals surface area contributed by atoms with E-state index >= 15 is 0 Å². The Bertz CT molecular complexity index is 940. The van der Waals surface area contributed by atoms with Crippen LogP contribution in [-0.2, 0) is 14.4 Å². The zero-order valence-corrected chi connectivity index (χ0v) is 40.9. The topological polar surface area (TPSA) is 67.4 Å². The molecule has 2 amide bonds. The van der Waals surface area contributed by atoms with Gasteiger partial charge in [-0.25, -0.2) is 0 Å². The third-order valence-corrected chi connectivity index (χ3v) is 13.0. The number of nitrogens with zero attached hydrogens (tertiary/aromatic N) is 5. The van der Waals surface area contributed by atoms with Gasteiger partial charge in [0.1, 0.15) is 6.29 Å². The van der Waals surface area contributed by atoms with Gasteiger partial charge in [-0.1, -0.05) is 188 Å². The van der Waals surface area contributed by atoms with Crippen molar-refractivity contribution in [1.29, 1.82) is 0 Å². The van der Waals surface area contributed by atoms with Gasteiger partial charge in [0.05, 0.1) is 13.1 Å². The summed E-state index contributed by atoms with van der Waals surface area (Å²) in [5, 5.41) is 0. The van der Waals surface area contributed by atoms with Crippen molar-refractivity contribution in [2.45, 2.75) is 233 Å². The van der Waals surface area contributed by atoms with Crippen LogP contribution < -0.4 is 0 Å². The van der Waals surface area contributed by atoms with Crippen molar-refractivity contribution in [3.63, 3.8) is 0 Å². The summed E-state index contributed by atoms with van der Waals surface area (Å²) in [4.78, 5) is 49.9. The Hall–Kier alpha value is -1.51. The van der Waals surface area contributed by atoms with Crippen molar-refractivity contribution in [3.05, 3.63) is 0 Å². The van der Waals surface area contributed by atoms with Crippen molar-refractivity contribution in [3.8, 4) is 0 Å². The van der Waals surface area contributed by atoms with Crippen LogP contribution in [-0.4, -0.2) is 128 Å². The zero-order valence-electron chi connectivity index (χ0n) is 40.9. The first kappa shape index (κ1) is 56.5. The summed E-state index contributed by atoms with van der Waals surface area (Å²) in [7, 11) is 0. The van der Waals surface area contributed by atoms with Gasteiger partial charge in [0.15, 0.2) is 0 Å². The van der Waals surface area contributed by atoms with Crippen LogP contribution in [0.3, 0.4) is 0 Å². The molecule has 354 valence electrons. The average molecular weight is 846 g/mol. The van der Waals surface area contributed by atoms with Crippen molar-refractivity contribution < 1.29 is 14.4 Å². The normalized spacial score (nSPS) is 13.4. The lowest BCUT2D eigenvalue weighted by Gasteiger charge is -2.37. The van der Waals surface area contributed by atoms with Crippen LogP contribution in [0.25, 0.3) is 0 Å². The largest absolute Gasteiger partial charge is 0.338 e.